The minimum Gasteiger partial charge on any atom is -0.462 e. The molecule has 0 N–H and O–H groups in total. The lowest BCUT2D eigenvalue weighted by molar-refractivity contribution is 0.0449. The molecule has 2 rings (SSSR count). The van der Waals surface area contributed by atoms with Crippen LogP contribution in [0, 0.1) is 0 Å². The molecule has 0 unspecified atom stereocenters. The quantitative estimate of drug-likeness (QED) is 0.628. The van der Waals surface area contributed by atoms with Crippen LogP contribution >= 0.6 is 0 Å². The maximum atomic E-state index is 11.6. The number of ether oxygens (including phenoxy) is 2. The molecule has 1 aromatic heterocycles. The van der Waals surface area contributed by atoms with Crippen LogP contribution in [-0.4, -0.2) is 25.2 Å². The summed E-state index contributed by atoms with van der Waals surface area (Å²) in [5, 5.41) is 0. The average Bonchev–Trinajstić information content (AvgIpc) is 2.74. The SMILES string of the molecule is O=C1OCCCCCOC(=O)c2occc21. The van der Waals surface area contributed by atoms with Crippen molar-refractivity contribution in [2.75, 3.05) is 13.2 Å². The lowest BCUT2D eigenvalue weighted by Crippen LogP contribution is -2.11. The molecule has 0 saturated heterocycles. The number of furan rings is 1. The van der Waals surface area contributed by atoms with E-state index in [-0.39, 0.29) is 11.3 Å². The molecule has 0 amide bonds. The zero-order valence-electron chi connectivity index (χ0n) is 8.73. The number of hydrogen-bond acceptors (Lipinski definition) is 5. The molecule has 0 spiro atoms. The summed E-state index contributed by atoms with van der Waals surface area (Å²) >= 11 is 0. The van der Waals surface area contributed by atoms with Gasteiger partial charge in [0, 0.05) is 0 Å². The third-order valence-electron chi connectivity index (χ3n) is 2.33. The fourth-order valence-electron chi connectivity index (χ4n) is 1.48. The Bertz CT molecular complexity index is 358. The lowest BCUT2D eigenvalue weighted by atomic mass is 10.2. The van der Waals surface area contributed by atoms with Gasteiger partial charge in [-0.3, -0.25) is 0 Å². The standard InChI is InChI=1S/C11H12O5/c12-10-8-4-7-14-9(8)11(13)16-6-3-1-2-5-15-10/h4,7H,1-3,5-6H2. The van der Waals surface area contributed by atoms with E-state index in [2.05, 4.69) is 0 Å². The summed E-state index contributed by atoms with van der Waals surface area (Å²) in [6, 6.07) is 1.41. The van der Waals surface area contributed by atoms with Gasteiger partial charge in [0.1, 0.15) is 5.56 Å². The molecule has 1 aliphatic rings. The number of hydrogen-bond donors (Lipinski definition) is 0. The monoisotopic (exact) mass is 224 g/mol. The maximum Gasteiger partial charge on any atom is 0.375 e. The minimum absolute atomic E-state index is 0.0769. The van der Waals surface area contributed by atoms with Crippen LogP contribution in [0.3, 0.4) is 0 Å². The number of rotatable bonds is 0. The van der Waals surface area contributed by atoms with Gasteiger partial charge >= 0.3 is 11.9 Å². The van der Waals surface area contributed by atoms with Gasteiger partial charge in [0.05, 0.1) is 19.5 Å². The molecule has 1 aromatic rings. The predicted octanol–water partition coefficient (Wildman–Crippen LogP) is 1.78. The fraction of sp³-hybridized carbons (Fsp3) is 0.455. The summed E-state index contributed by atoms with van der Waals surface area (Å²) in [5.41, 5.74) is 0.131. The van der Waals surface area contributed by atoms with E-state index in [1.165, 1.54) is 12.3 Å². The molecule has 0 aliphatic carbocycles. The molecule has 5 nitrogen and oxygen atoms in total. The second-order valence-electron chi connectivity index (χ2n) is 3.50. The first-order valence-electron chi connectivity index (χ1n) is 5.21. The molecule has 0 fully saturated rings. The first-order chi connectivity index (χ1) is 7.79. The largest absolute Gasteiger partial charge is 0.462 e. The van der Waals surface area contributed by atoms with Crippen molar-refractivity contribution in [1.29, 1.82) is 0 Å². The van der Waals surface area contributed by atoms with Gasteiger partial charge in [-0.1, -0.05) is 0 Å². The first-order valence-corrected chi connectivity index (χ1v) is 5.21. The first kappa shape index (κ1) is 10.7. The summed E-state index contributed by atoms with van der Waals surface area (Å²) in [6.07, 6.45) is 3.68. The smallest absolute Gasteiger partial charge is 0.375 e. The van der Waals surface area contributed by atoms with Crippen LogP contribution in [-0.2, 0) is 9.47 Å². The summed E-state index contributed by atoms with van der Waals surface area (Å²) in [5.74, 6) is -1.23. The fourth-order valence-corrected chi connectivity index (χ4v) is 1.48. The van der Waals surface area contributed by atoms with Crippen LogP contribution in [0.5, 0.6) is 0 Å². The Morgan fingerprint density at radius 1 is 0.938 bits per heavy atom. The van der Waals surface area contributed by atoms with Crippen molar-refractivity contribution in [2.24, 2.45) is 0 Å². The van der Waals surface area contributed by atoms with Crippen LogP contribution in [0.15, 0.2) is 16.7 Å². The molecule has 0 bridgehead atoms. The van der Waals surface area contributed by atoms with Crippen LogP contribution in [0.1, 0.15) is 40.2 Å². The minimum atomic E-state index is -0.612. The Hall–Kier alpha value is -1.78. The highest BCUT2D eigenvalue weighted by atomic mass is 16.5. The van der Waals surface area contributed by atoms with E-state index in [1.54, 1.807) is 0 Å². The van der Waals surface area contributed by atoms with Crippen molar-refractivity contribution in [1.82, 2.24) is 0 Å². The van der Waals surface area contributed by atoms with Crippen LogP contribution in [0.25, 0.3) is 0 Å². The Kier molecular flexibility index (Phi) is 3.24. The molecule has 0 aromatic carbocycles. The van der Waals surface area contributed by atoms with Gasteiger partial charge in [-0.15, -0.1) is 0 Å². The number of carbonyl (C=O) groups is 2. The molecule has 2 heterocycles. The molecule has 0 atom stereocenters. The predicted molar refractivity (Wildman–Crippen MR) is 53.1 cm³/mol. The van der Waals surface area contributed by atoms with Gasteiger partial charge < -0.3 is 13.9 Å². The number of carbonyl (C=O) groups excluding carboxylic acids is 2. The van der Waals surface area contributed by atoms with E-state index in [1.807, 2.05) is 0 Å². The molecule has 5 heteroatoms. The van der Waals surface area contributed by atoms with E-state index in [0.717, 1.165) is 19.3 Å². The summed E-state index contributed by atoms with van der Waals surface area (Å²) in [7, 11) is 0. The van der Waals surface area contributed by atoms with Gasteiger partial charge in [-0.25, -0.2) is 9.59 Å². The van der Waals surface area contributed by atoms with Crippen molar-refractivity contribution in [3.63, 3.8) is 0 Å². The van der Waals surface area contributed by atoms with Crippen LogP contribution < -0.4 is 0 Å². The topological polar surface area (TPSA) is 65.7 Å². The Morgan fingerprint density at radius 3 is 2.38 bits per heavy atom. The second kappa shape index (κ2) is 4.83. The Morgan fingerprint density at radius 2 is 1.62 bits per heavy atom. The van der Waals surface area contributed by atoms with Gasteiger partial charge in [0.15, 0.2) is 0 Å². The number of esters is 2. The van der Waals surface area contributed by atoms with Crippen LogP contribution in [0.2, 0.25) is 0 Å². The molecular formula is C11H12O5. The van der Waals surface area contributed by atoms with E-state index >= 15 is 0 Å². The number of fused-ring (bicyclic) bond motifs is 1. The molecule has 16 heavy (non-hydrogen) atoms. The highest BCUT2D eigenvalue weighted by Gasteiger charge is 2.23. The van der Waals surface area contributed by atoms with Crippen molar-refractivity contribution in [3.05, 3.63) is 23.7 Å². The van der Waals surface area contributed by atoms with E-state index < -0.39 is 11.9 Å². The molecule has 0 radical (unpaired) electrons. The lowest BCUT2D eigenvalue weighted by Gasteiger charge is -2.01. The van der Waals surface area contributed by atoms with Gasteiger partial charge in [0.25, 0.3) is 0 Å². The van der Waals surface area contributed by atoms with Gasteiger partial charge in [-0.05, 0) is 25.3 Å². The third-order valence-corrected chi connectivity index (χ3v) is 2.33. The second-order valence-corrected chi connectivity index (χ2v) is 3.50. The van der Waals surface area contributed by atoms with Crippen molar-refractivity contribution in [2.45, 2.75) is 19.3 Å². The Balaban J connectivity index is 2.23. The van der Waals surface area contributed by atoms with E-state index in [9.17, 15) is 9.59 Å². The van der Waals surface area contributed by atoms with Gasteiger partial charge in [-0.2, -0.15) is 0 Å². The summed E-state index contributed by atoms with van der Waals surface area (Å²) in [4.78, 5) is 23.1. The molecule has 1 aliphatic heterocycles. The Labute approximate surface area is 92.3 Å². The highest BCUT2D eigenvalue weighted by molar-refractivity contribution is 6.01. The van der Waals surface area contributed by atoms with Crippen molar-refractivity contribution >= 4 is 11.9 Å². The maximum absolute atomic E-state index is 11.6. The van der Waals surface area contributed by atoms with Gasteiger partial charge in [0.2, 0.25) is 5.76 Å². The zero-order chi connectivity index (χ0) is 11.4. The molecular weight excluding hydrogens is 212 g/mol. The van der Waals surface area contributed by atoms with E-state index in [4.69, 9.17) is 13.9 Å². The summed E-state index contributed by atoms with van der Waals surface area (Å²) in [6.45, 7) is 0.699. The normalized spacial score (nSPS) is 18.0. The molecule has 0 saturated carbocycles. The van der Waals surface area contributed by atoms with Crippen LogP contribution in [0.4, 0.5) is 0 Å². The van der Waals surface area contributed by atoms with E-state index in [0.29, 0.717) is 13.2 Å². The highest BCUT2D eigenvalue weighted by Crippen LogP contribution is 2.15. The van der Waals surface area contributed by atoms with Crippen molar-refractivity contribution < 1.29 is 23.5 Å². The number of cyclic esters (lactones) is 2. The van der Waals surface area contributed by atoms with Crippen molar-refractivity contribution in [3.8, 4) is 0 Å². The third kappa shape index (κ3) is 2.24. The zero-order valence-corrected chi connectivity index (χ0v) is 8.73. The summed E-state index contributed by atoms with van der Waals surface area (Å²) < 4.78 is 14.9. The molecule has 86 valence electrons. The average molecular weight is 224 g/mol.